The van der Waals surface area contributed by atoms with Crippen LogP contribution in [-0.4, -0.2) is 33.8 Å². The van der Waals surface area contributed by atoms with E-state index in [1.54, 1.807) is 0 Å². The number of hydrogen-bond acceptors (Lipinski definition) is 4. The van der Waals surface area contributed by atoms with Crippen molar-refractivity contribution in [3.8, 4) is 0 Å². The van der Waals surface area contributed by atoms with Gasteiger partial charge in [0.1, 0.15) is 6.17 Å². The predicted octanol–water partition coefficient (Wildman–Crippen LogP) is 2.93. The highest BCUT2D eigenvalue weighted by molar-refractivity contribution is 8.09. The second-order valence-electron chi connectivity index (χ2n) is 5.35. The molecule has 4 nitrogen and oxygen atoms in total. The Labute approximate surface area is 131 Å². The number of rotatable bonds is 4. The number of benzene rings is 1. The standard InChI is InChI=1S/C13H14F4O4S2/c14-10-6-7-11(8-10)22(18,19)12(9-4-2-1-3-5-9)23(20,21)13(15,16)17/h1-5,10-12H,6-8H2. The van der Waals surface area contributed by atoms with Gasteiger partial charge in [0.25, 0.3) is 9.84 Å². The Morgan fingerprint density at radius 2 is 1.57 bits per heavy atom. The smallest absolute Gasteiger partial charge is 0.247 e. The molecule has 1 saturated carbocycles. The zero-order valence-corrected chi connectivity index (χ0v) is 13.3. The molecule has 1 aliphatic rings. The van der Waals surface area contributed by atoms with Gasteiger partial charge in [0, 0.05) is 0 Å². The van der Waals surface area contributed by atoms with Gasteiger partial charge in [-0.1, -0.05) is 30.3 Å². The van der Waals surface area contributed by atoms with Crippen molar-refractivity contribution in [1.82, 2.24) is 0 Å². The molecule has 1 fully saturated rings. The summed E-state index contributed by atoms with van der Waals surface area (Å²) in [6.07, 6.45) is -2.25. The fourth-order valence-corrected chi connectivity index (χ4v) is 7.44. The van der Waals surface area contributed by atoms with Crippen LogP contribution < -0.4 is 0 Å². The van der Waals surface area contributed by atoms with E-state index in [4.69, 9.17) is 0 Å². The van der Waals surface area contributed by atoms with E-state index in [0.717, 1.165) is 12.1 Å². The number of hydrogen-bond donors (Lipinski definition) is 0. The second-order valence-corrected chi connectivity index (χ2v) is 9.99. The van der Waals surface area contributed by atoms with Gasteiger partial charge in [0.05, 0.1) is 5.25 Å². The topological polar surface area (TPSA) is 68.3 Å². The highest BCUT2D eigenvalue weighted by Crippen LogP contribution is 2.43. The first-order valence-corrected chi connectivity index (χ1v) is 9.85. The maximum absolute atomic E-state index is 13.3. The summed E-state index contributed by atoms with van der Waals surface area (Å²) in [5, 5.41) is -1.44. The summed E-state index contributed by atoms with van der Waals surface area (Å²) in [5.74, 6) is 0. The van der Waals surface area contributed by atoms with Crippen molar-refractivity contribution < 1.29 is 34.4 Å². The van der Waals surface area contributed by atoms with Crippen molar-refractivity contribution >= 4 is 19.7 Å². The first-order chi connectivity index (χ1) is 10.5. The summed E-state index contributed by atoms with van der Waals surface area (Å²) in [5.41, 5.74) is -6.22. The van der Waals surface area contributed by atoms with Crippen LogP contribution >= 0.6 is 0 Å². The molecular weight excluding hydrogens is 360 g/mol. The third-order valence-electron chi connectivity index (χ3n) is 3.76. The molecule has 1 aliphatic carbocycles. The lowest BCUT2D eigenvalue weighted by atomic mass is 10.2. The molecule has 10 heteroatoms. The van der Waals surface area contributed by atoms with Gasteiger partial charge in [0.15, 0.2) is 14.4 Å². The van der Waals surface area contributed by atoms with Crippen LogP contribution in [0.1, 0.15) is 29.4 Å². The lowest BCUT2D eigenvalue weighted by Gasteiger charge is -2.23. The van der Waals surface area contributed by atoms with Crippen molar-refractivity contribution in [2.24, 2.45) is 0 Å². The van der Waals surface area contributed by atoms with Gasteiger partial charge in [-0.25, -0.2) is 21.2 Å². The first kappa shape index (κ1) is 18.2. The van der Waals surface area contributed by atoms with E-state index in [0.29, 0.717) is 0 Å². The Morgan fingerprint density at radius 1 is 1.00 bits per heavy atom. The third kappa shape index (κ3) is 3.37. The largest absolute Gasteiger partial charge is 0.499 e. The van der Waals surface area contributed by atoms with E-state index in [1.807, 2.05) is 0 Å². The van der Waals surface area contributed by atoms with Gasteiger partial charge in [-0.15, -0.1) is 0 Å². The fourth-order valence-electron chi connectivity index (χ4n) is 2.64. The van der Waals surface area contributed by atoms with Crippen LogP contribution in [0.5, 0.6) is 0 Å². The summed E-state index contributed by atoms with van der Waals surface area (Å²) in [6, 6.07) is 5.92. The van der Waals surface area contributed by atoms with Crippen LogP contribution in [0, 0.1) is 0 Å². The second kappa shape index (κ2) is 6.04. The van der Waals surface area contributed by atoms with E-state index in [2.05, 4.69) is 0 Å². The SMILES string of the molecule is O=S(=O)(C1CCC(F)C1)C(c1ccccc1)S(=O)(=O)C(F)(F)F. The van der Waals surface area contributed by atoms with Crippen molar-refractivity contribution in [1.29, 1.82) is 0 Å². The molecule has 130 valence electrons. The number of halogens is 4. The number of sulfone groups is 2. The van der Waals surface area contributed by atoms with E-state index in [1.165, 1.54) is 18.2 Å². The summed E-state index contributed by atoms with van der Waals surface area (Å²) in [6.45, 7) is 0. The quantitative estimate of drug-likeness (QED) is 0.760. The molecule has 0 radical (unpaired) electrons. The molecule has 0 aromatic heterocycles. The maximum Gasteiger partial charge on any atom is 0.499 e. The van der Waals surface area contributed by atoms with Crippen LogP contribution in [0.2, 0.25) is 0 Å². The van der Waals surface area contributed by atoms with Crippen molar-refractivity contribution in [3.63, 3.8) is 0 Å². The first-order valence-electron chi connectivity index (χ1n) is 6.70. The van der Waals surface area contributed by atoms with E-state index < -0.39 is 53.2 Å². The summed E-state index contributed by atoms with van der Waals surface area (Å²) < 4.78 is 98.0. The summed E-state index contributed by atoms with van der Waals surface area (Å²) in [4.78, 5) is 0. The van der Waals surface area contributed by atoms with E-state index >= 15 is 0 Å². The zero-order valence-electron chi connectivity index (χ0n) is 11.7. The Kier molecular flexibility index (Phi) is 4.78. The lowest BCUT2D eigenvalue weighted by molar-refractivity contribution is -0.0439. The molecule has 1 aromatic carbocycles. The minimum atomic E-state index is -6.01. The zero-order chi connectivity index (χ0) is 17.5. The van der Waals surface area contributed by atoms with Crippen LogP contribution in [-0.2, 0) is 19.7 Å². The fraction of sp³-hybridized carbons (Fsp3) is 0.538. The van der Waals surface area contributed by atoms with E-state index in [-0.39, 0.29) is 12.8 Å². The third-order valence-corrected chi connectivity index (χ3v) is 9.03. The normalized spacial score (nSPS) is 24.5. The molecule has 2 rings (SSSR count). The molecule has 3 atom stereocenters. The molecule has 0 N–H and O–H groups in total. The molecule has 23 heavy (non-hydrogen) atoms. The Morgan fingerprint density at radius 3 is 2.00 bits per heavy atom. The highest BCUT2D eigenvalue weighted by atomic mass is 32.3. The number of alkyl halides is 4. The van der Waals surface area contributed by atoms with E-state index in [9.17, 15) is 34.4 Å². The molecule has 0 bridgehead atoms. The van der Waals surface area contributed by atoms with Gasteiger partial charge in [-0.2, -0.15) is 13.2 Å². The highest BCUT2D eigenvalue weighted by Gasteiger charge is 2.58. The van der Waals surface area contributed by atoms with Gasteiger partial charge < -0.3 is 0 Å². The molecule has 0 amide bonds. The van der Waals surface area contributed by atoms with Crippen molar-refractivity contribution in [2.45, 2.75) is 40.8 Å². The molecule has 0 heterocycles. The average Bonchev–Trinajstić information content (AvgIpc) is 2.85. The van der Waals surface area contributed by atoms with Crippen LogP contribution in [0.15, 0.2) is 30.3 Å². The maximum atomic E-state index is 13.3. The minimum Gasteiger partial charge on any atom is -0.247 e. The Bertz CT molecular complexity index is 757. The predicted molar refractivity (Wildman–Crippen MR) is 75.6 cm³/mol. The monoisotopic (exact) mass is 374 g/mol. The molecule has 0 saturated heterocycles. The summed E-state index contributed by atoms with van der Waals surface area (Å²) >= 11 is 0. The van der Waals surface area contributed by atoms with Crippen LogP contribution in [0.3, 0.4) is 0 Å². The minimum absolute atomic E-state index is 0.114. The van der Waals surface area contributed by atoms with Crippen molar-refractivity contribution in [3.05, 3.63) is 35.9 Å². The van der Waals surface area contributed by atoms with Crippen LogP contribution in [0.4, 0.5) is 17.6 Å². The average molecular weight is 374 g/mol. The molecule has 1 aromatic rings. The molecule has 3 unspecified atom stereocenters. The molecule has 0 spiro atoms. The van der Waals surface area contributed by atoms with Gasteiger partial charge in [-0.3, -0.25) is 0 Å². The molecular formula is C13H14F4O4S2. The van der Waals surface area contributed by atoms with Crippen molar-refractivity contribution in [2.75, 3.05) is 0 Å². The summed E-state index contributed by atoms with van der Waals surface area (Å²) in [7, 11) is -10.8. The Balaban J connectivity index is 2.60. The van der Waals surface area contributed by atoms with Crippen LogP contribution in [0.25, 0.3) is 0 Å². The lowest BCUT2D eigenvalue weighted by Crippen LogP contribution is -2.37. The Hall–Kier alpha value is -1.16. The van der Waals surface area contributed by atoms with Gasteiger partial charge >= 0.3 is 5.51 Å². The van der Waals surface area contributed by atoms with Gasteiger partial charge in [0.2, 0.25) is 0 Å². The van der Waals surface area contributed by atoms with Gasteiger partial charge in [-0.05, 0) is 24.8 Å². The molecule has 0 aliphatic heterocycles.